The van der Waals surface area contributed by atoms with E-state index in [1.54, 1.807) is 24.5 Å². The van der Waals surface area contributed by atoms with Crippen LogP contribution in [0.5, 0.6) is 0 Å². The third-order valence-corrected chi connectivity index (χ3v) is 3.23. The maximum Gasteiger partial charge on any atom is 0.345 e. The fraction of sp³-hybridized carbons (Fsp3) is 0. The lowest BCUT2D eigenvalue weighted by Gasteiger charge is -2.08. The van der Waals surface area contributed by atoms with Crippen LogP contribution >= 0.6 is 0 Å². The molecule has 0 unspecified atom stereocenters. The number of amidine groups is 1. The number of H-pyrrole nitrogens is 1. The summed E-state index contributed by atoms with van der Waals surface area (Å²) in [6.07, 6.45) is 3.23. The van der Waals surface area contributed by atoms with Gasteiger partial charge in [-0.15, -0.1) is 4.40 Å². The highest BCUT2D eigenvalue weighted by Gasteiger charge is 2.25. The molecule has 0 aromatic carbocycles. The molecule has 0 radical (unpaired) electrons. The number of nitrogens with one attached hydrogen (secondary N) is 2. The van der Waals surface area contributed by atoms with Gasteiger partial charge in [0.1, 0.15) is 11.5 Å². The Labute approximate surface area is 102 Å². The number of aromatic amines is 1. The molecule has 0 spiro atoms. The lowest BCUT2D eigenvalue weighted by Crippen LogP contribution is -2.26. The summed E-state index contributed by atoms with van der Waals surface area (Å²) in [5.74, 6) is 0.489. The SMILES string of the molecule is NC1=NS(=O)(=O)Nc2nc(-c3cccnc3)[nH]c21. The number of nitrogens with two attached hydrogens (primary N) is 1. The van der Waals surface area contributed by atoms with E-state index >= 15 is 0 Å². The summed E-state index contributed by atoms with van der Waals surface area (Å²) in [4.78, 5) is 11.0. The molecule has 0 bridgehead atoms. The molecule has 4 N–H and O–H groups in total. The Bertz CT molecular complexity index is 734. The third-order valence-electron chi connectivity index (χ3n) is 2.34. The van der Waals surface area contributed by atoms with Crippen molar-refractivity contribution in [2.24, 2.45) is 10.1 Å². The van der Waals surface area contributed by atoms with Crippen molar-refractivity contribution < 1.29 is 8.42 Å². The van der Waals surface area contributed by atoms with Gasteiger partial charge in [0.25, 0.3) is 0 Å². The van der Waals surface area contributed by atoms with Crippen molar-refractivity contribution in [1.29, 1.82) is 0 Å². The molecular weight excluding hydrogens is 256 g/mol. The average Bonchev–Trinajstić information content (AvgIpc) is 2.72. The zero-order chi connectivity index (χ0) is 12.8. The topological polar surface area (TPSA) is 126 Å². The van der Waals surface area contributed by atoms with Gasteiger partial charge in [-0.05, 0) is 12.1 Å². The van der Waals surface area contributed by atoms with Crippen LogP contribution in [0.4, 0.5) is 5.82 Å². The second-order valence-corrected chi connectivity index (χ2v) is 4.94. The summed E-state index contributed by atoms with van der Waals surface area (Å²) in [6.45, 7) is 0. The van der Waals surface area contributed by atoms with Crippen molar-refractivity contribution in [3.05, 3.63) is 30.2 Å². The van der Waals surface area contributed by atoms with Crippen LogP contribution in [-0.2, 0) is 10.2 Å². The van der Waals surface area contributed by atoms with Gasteiger partial charge in [-0.25, -0.2) is 9.71 Å². The first-order chi connectivity index (χ1) is 8.55. The van der Waals surface area contributed by atoms with Gasteiger partial charge >= 0.3 is 10.2 Å². The van der Waals surface area contributed by atoms with E-state index in [0.717, 1.165) is 5.56 Å². The van der Waals surface area contributed by atoms with E-state index in [1.165, 1.54) is 0 Å². The van der Waals surface area contributed by atoms with Gasteiger partial charge in [-0.1, -0.05) is 0 Å². The molecule has 8 nitrogen and oxygen atoms in total. The van der Waals surface area contributed by atoms with Gasteiger partial charge in [-0.2, -0.15) is 8.42 Å². The van der Waals surface area contributed by atoms with Crippen LogP contribution in [0.3, 0.4) is 0 Å². The molecule has 0 amide bonds. The minimum absolute atomic E-state index is 0.119. The Balaban J connectivity index is 2.13. The molecule has 0 atom stereocenters. The fourth-order valence-corrected chi connectivity index (χ4v) is 2.38. The zero-order valence-corrected chi connectivity index (χ0v) is 9.77. The molecule has 2 aromatic rings. The van der Waals surface area contributed by atoms with Gasteiger partial charge in [0.15, 0.2) is 11.7 Å². The van der Waals surface area contributed by atoms with Crippen molar-refractivity contribution in [2.45, 2.75) is 0 Å². The number of hydrogen-bond acceptors (Lipinski definition) is 5. The standard InChI is InChI=1S/C9H8N6O2S/c10-7-6-9(15-18(16,17)14-7)13-8(12-6)5-2-1-3-11-4-5/h1-4,15H,(H2,10,14)(H,12,13). The smallest absolute Gasteiger partial charge is 0.345 e. The molecule has 0 aliphatic carbocycles. The number of anilines is 1. The maximum atomic E-state index is 11.3. The molecule has 3 heterocycles. The molecule has 0 fully saturated rings. The van der Waals surface area contributed by atoms with Crippen LogP contribution in [-0.4, -0.2) is 29.2 Å². The summed E-state index contributed by atoms with van der Waals surface area (Å²) >= 11 is 0. The van der Waals surface area contributed by atoms with Gasteiger partial charge < -0.3 is 10.7 Å². The zero-order valence-electron chi connectivity index (χ0n) is 8.95. The number of aromatic nitrogens is 3. The Morgan fingerprint density at radius 3 is 2.89 bits per heavy atom. The predicted octanol–water partition coefficient (Wildman–Crippen LogP) is -0.153. The van der Waals surface area contributed by atoms with Crippen molar-refractivity contribution in [3.8, 4) is 11.4 Å². The van der Waals surface area contributed by atoms with E-state index in [4.69, 9.17) is 5.73 Å². The molecule has 0 saturated carbocycles. The van der Waals surface area contributed by atoms with E-state index in [0.29, 0.717) is 11.5 Å². The van der Waals surface area contributed by atoms with Crippen LogP contribution in [0.2, 0.25) is 0 Å². The molecule has 2 aromatic heterocycles. The monoisotopic (exact) mass is 264 g/mol. The van der Waals surface area contributed by atoms with Crippen LogP contribution in [0, 0.1) is 0 Å². The van der Waals surface area contributed by atoms with Gasteiger partial charge in [0.2, 0.25) is 0 Å². The maximum absolute atomic E-state index is 11.3. The van der Waals surface area contributed by atoms with Crippen molar-refractivity contribution >= 4 is 21.9 Å². The van der Waals surface area contributed by atoms with E-state index in [1.807, 2.05) is 0 Å². The number of hydrogen-bond donors (Lipinski definition) is 3. The lowest BCUT2D eigenvalue weighted by molar-refractivity contribution is 0.602. The van der Waals surface area contributed by atoms with Gasteiger partial charge in [0, 0.05) is 18.0 Å². The van der Waals surface area contributed by atoms with Crippen LogP contribution in [0.1, 0.15) is 5.69 Å². The largest absolute Gasteiger partial charge is 0.381 e. The Kier molecular flexibility index (Phi) is 2.10. The highest BCUT2D eigenvalue weighted by atomic mass is 32.2. The summed E-state index contributed by atoms with van der Waals surface area (Å²) < 4.78 is 28.2. The molecule has 0 saturated heterocycles. The first-order valence-corrected chi connectivity index (χ1v) is 6.38. The van der Waals surface area contributed by atoms with E-state index in [2.05, 4.69) is 24.1 Å². The molecule has 3 rings (SSSR count). The molecule has 1 aliphatic heterocycles. The Morgan fingerprint density at radius 1 is 1.33 bits per heavy atom. The minimum Gasteiger partial charge on any atom is -0.381 e. The summed E-state index contributed by atoms with van der Waals surface area (Å²) in [5.41, 5.74) is 6.63. The second-order valence-electron chi connectivity index (χ2n) is 3.60. The summed E-state index contributed by atoms with van der Waals surface area (Å²) in [5, 5.41) is 0. The lowest BCUT2D eigenvalue weighted by atomic mass is 10.3. The second kappa shape index (κ2) is 3.53. The van der Waals surface area contributed by atoms with E-state index in [9.17, 15) is 8.42 Å². The number of imidazole rings is 1. The number of fused-ring (bicyclic) bond motifs is 1. The molecule has 92 valence electrons. The number of nitrogens with zero attached hydrogens (tertiary/aromatic N) is 3. The highest BCUT2D eigenvalue weighted by molar-refractivity contribution is 7.91. The average molecular weight is 264 g/mol. The molecule has 18 heavy (non-hydrogen) atoms. The van der Waals surface area contributed by atoms with E-state index < -0.39 is 10.2 Å². The first-order valence-electron chi connectivity index (χ1n) is 4.94. The van der Waals surface area contributed by atoms with Crippen LogP contribution < -0.4 is 10.5 Å². The predicted molar refractivity (Wildman–Crippen MR) is 65.1 cm³/mol. The van der Waals surface area contributed by atoms with Gasteiger partial charge in [-0.3, -0.25) is 4.98 Å². The normalized spacial score (nSPS) is 16.6. The minimum atomic E-state index is -3.80. The van der Waals surface area contributed by atoms with Crippen molar-refractivity contribution in [3.63, 3.8) is 0 Å². The van der Waals surface area contributed by atoms with E-state index in [-0.39, 0.29) is 11.7 Å². The summed E-state index contributed by atoms with van der Waals surface area (Å²) in [7, 11) is -3.80. The molecular formula is C9H8N6O2S. The van der Waals surface area contributed by atoms with Crippen molar-refractivity contribution in [2.75, 3.05) is 4.72 Å². The highest BCUT2D eigenvalue weighted by Crippen LogP contribution is 2.24. The molecule has 1 aliphatic rings. The van der Waals surface area contributed by atoms with Crippen molar-refractivity contribution in [1.82, 2.24) is 15.0 Å². The van der Waals surface area contributed by atoms with Crippen LogP contribution in [0.25, 0.3) is 11.4 Å². The Hall–Kier alpha value is -2.42. The van der Waals surface area contributed by atoms with Gasteiger partial charge in [0.05, 0.1) is 0 Å². The third kappa shape index (κ3) is 1.70. The molecule has 9 heteroatoms. The fourth-order valence-electron chi connectivity index (χ4n) is 1.59. The number of rotatable bonds is 1. The summed E-state index contributed by atoms with van der Waals surface area (Å²) in [6, 6.07) is 3.54. The first kappa shape index (κ1) is 10.7. The quantitative estimate of drug-likeness (QED) is 0.660. The Morgan fingerprint density at radius 2 is 2.17 bits per heavy atom. The van der Waals surface area contributed by atoms with Crippen LogP contribution in [0.15, 0.2) is 28.9 Å². The number of pyridine rings is 1.